The molecular formula is C16H21FO3. The first kappa shape index (κ1) is 15.0. The number of benzene rings is 1. The van der Waals surface area contributed by atoms with Crippen molar-refractivity contribution in [2.75, 3.05) is 13.2 Å². The average molecular weight is 280 g/mol. The quantitative estimate of drug-likeness (QED) is 0.775. The van der Waals surface area contributed by atoms with Crippen LogP contribution in [0.25, 0.3) is 0 Å². The average Bonchev–Trinajstić information content (AvgIpc) is 2.47. The van der Waals surface area contributed by atoms with E-state index in [0.717, 1.165) is 31.4 Å². The molecule has 1 fully saturated rings. The first-order chi connectivity index (χ1) is 9.65. The van der Waals surface area contributed by atoms with Crippen LogP contribution in [0.1, 0.15) is 44.1 Å². The van der Waals surface area contributed by atoms with E-state index in [4.69, 9.17) is 9.47 Å². The molecule has 2 atom stereocenters. The summed E-state index contributed by atoms with van der Waals surface area (Å²) in [5.74, 6) is -0.468. The fourth-order valence-electron chi connectivity index (χ4n) is 2.34. The number of esters is 1. The number of hydrogen-bond donors (Lipinski definition) is 0. The zero-order valence-corrected chi connectivity index (χ0v) is 11.8. The Labute approximate surface area is 119 Å². The van der Waals surface area contributed by atoms with Crippen molar-refractivity contribution in [1.29, 1.82) is 0 Å². The topological polar surface area (TPSA) is 35.5 Å². The fourth-order valence-corrected chi connectivity index (χ4v) is 2.34. The minimum absolute atomic E-state index is 0.0235. The van der Waals surface area contributed by atoms with Crippen molar-refractivity contribution in [2.45, 2.75) is 44.6 Å². The molecule has 0 N–H and O–H groups in total. The molecule has 0 amide bonds. The summed E-state index contributed by atoms with van der Waals surface area (Å²) in [7, 11) is 0. The van der Waals surface area contributed by atoms with Crippen molar-refractivity contribution in [3.63, 3.8) is 0 Å². The third-order valence-electron chi connectivity index (χ3n) is 3.62. The first-order valence-electron chi connectivity index (χ1n) is 7.18. The third-order valence-corrected chi connectivity index (χ3v) is 3.62. The molecule has 0 saturated carbocycles. The number of carbonyl (C=O) groups excluding carboxylic acids is 1. The SMILES string of the molecule is CC(CC(=O)OCC1CCCCO1)c1ccc(F)cc1. The van der Waals surface area contributed by atoms with Gasteiger partial charge in [0.1, 0.15) is 12.4 Å². The molecule has 1 heterocycles. The molecule has 20 heavy (non-hydrogen) atoms. The highest BCUT2D eigenvalue weighted by molar-refractivity contribution is 5.70. The zero-order valence-electron chi connectivity index (χ0n) is 11.8. The number of carbonyl (C=O) groups is 1. The van der Waals surface area contributed by atoms with Crippen LogP contribution in [-0.2, 0) is 14.3 Å². The lowest BCUT2D eigenvalue weighted by atomic mass is 9.98. The summed E-state index contributed by atoms with van der Waals surface area (Å²) in [6, 6.07) is 6.23. The molecule has 0 aromatic heterocycles. The maximum absolute atomic E-state index is 12.8. The lowest BCUT2D eigenvalue weighted by molar-refractivity contribution is -0.149. The molecule has 1 aromatic carbocycles. The molecule has 0 bridgehead atoms. The van der Waals surface area contributed by atoms with Crippen LogP contribution in [0.4, 0.5) is 4.39 Å². The summed E-state index contributed by atoms with van der Waals surface area (Å²) in [5.41, 5.74) is 0.942. The standard InChI is InChI=1S/C16H21FO3/c1-12(13-5-7-14(17)8-6-13)10-16(18)20-11-15-4-2-3-9-19-15/h5-8,12,15H,2-4,9-11H2,1H3. The van der Waals surface area contributed by atoms with Crippen molar-refractivity contribution < 1.29 is 18.7 Å². The second-order valence-corrected chi connectivity index (χ2v) is 5.33. The fraction of sp³-hybridized carbons (Fsp3) is 0.562. The van der Waals surface area contributed by atoms with E-state index in [9.17, 15) is 9.18 Å². The Balaban J connectivity index is 1.74. The lowest BCUT2D eigenvalue weighted by Gasteiger charge is -2.22. The van der Waals surface area contributed by atoms with Crippen molar-refractivity contribution >= 4 is 5.97 Å². The normalized spacial score (nSPS) is 20.4. The highest BCUT2D eigenvalue weighted by Gasteiger charge is 2.17. The van der Waals surface area contributed by atoms with Crippen LogP contribution >= 0.6 is 0 Å². The minimum atomic E-state index is -0.266. The number of rotatable bonds is 5. The van der Waals surface area contributed by atoms with Crippen molar-refractivity contribution in [3.8, 4) is 0 Å². The van der Waals surface area contributed by atoms with Gasteiger partial charge in [-0.25, -0.2) is 4.39 Å². The van der Waals surface area contributed by atoms with Gasteiger partial charge in [0.15, 0.2) is 0 Å². The first-order valence-corrected chi connectivity index (χ1v) is 7.18. The molecule has 110 valence electrons. The maximum atomic E-state index is 12.8. The molecule has 3 nitrogen and oxygen atoms in total. The molecule has 2 rings (SSSR count). The number of hydrogen-bond acceptors (Lipinski definition) is 3. The summed E-state index contributed by atoms with van der Waals surface area (Å²) >= 11 is 0. The van der Waals surface area contributed by atoms with E-state index >= 15 is 0 Å². The van der Waals surface area contributed by atoms with Gasteiger partial charge in [0.05, 0.1) is 12.5 Å². The van der Waals surface area contributed by atoms with Gasteiger partial charge >= 0.3 is 5.97 Å². The Morgan fingerprint density at radius 1 is 1.40 bits per heavy atom. The van der Waals surface area contributed by atoms with Gasteiger partial charge in [0, 0.05) is 6.61 Å². The second-order valence-electron chi connectivity index (χ2n) is 5.33. The van der Waals surface area contributed by atoms with E-state index < -0.39 is 0 Å². The Bertz CT molecular complexity index is 424. The van der Waals surface area contributed by atoms with Gasteiger partial charge < -0.3 is 9.47 Å². The zero-order chi connectivity index (χ0) is 14.4. The van der Waals surface area contributed by atoms with Crippen LogP contribution in [0.3, 0.4) is 0 Å². The Morgan fingerprint density at radius 3 is 2.80 bits per heavy atom. The van der Waals surface area contributed by atoms with Gasteiger partial charge in [-0.2, -0.15) is 0 Å². The Kier molecular flexibility index (Phi) is 5.53. The minimum Gasteiger partial charge on any atom is -0.463 e. The van der Waals surface area contributed by atoms with Gasteiger partial charge in [0.2, 0.25) is 0 Å². The predicted molar refractivity (Wildman–Crippen MR) is 74.0 cm³/mol. The van der Waals surface area contributed by atoms with E-state index in [-0.39, 0.29) is 23.8 Å². The van der Waals surface area contributed by atoms with E-state index in [1.54, 1.807) is 12.1 Å². The molecule has 1 aliphatic heterocycles. The molecule has 0 radical (unpaired) electrons. The molecule has 2 unspecified atom stereocenters. The van der Waals surface area contributed by atoms with Crippen molar-refractivity contribution in [2.24, 2.45) is 0 Å². The van der Waals surface area contributed by atoms with Crippen molar-refractivity contribution in [3.05, 3.63) is 35.6 Å². The molecule has 1 saturated heterocycles. The second kappa shape index (κ2) is 7.39. The molecule has 4 heteroatoms. The van der Waals surface area contributed by atoms with Gasteiger partial charge in [-0.15, -0.1) is 0 Å². The molecule has 0 spiro atoms. The van der Waals surface area contributed by atoms with E-state index in [0.29, 0.717) is 13.0 Å². The summed E-state index contributed by atoms with van der Waals surface area (Å²) in [4.78, 5) is 11.8. The predicted octanol–water partition coefficient (Wildman–Crippen LogP) is 3.43. The maximum Gasteiger partial charge on any atom is 0.306 e. The van der Waals surface area contributed by atoms with Crippen LogP contribution in [0, 0.1) is 5.82 Å². The van der Waals surface area contributed by atoms with Gasteiger partial charge in [-0.05, 0) is 42.9 Å². The lowest BCUT2D eigenvalue weighted by Crippen LogP contribution is -2.26. The highest BCUT2D eigenvalue weighted by Crippen LogP contribution is 2.20. The van der Waals surface area contributed by atoms with Gasteiger partial charge in [-0.3, -0.25) is 4.79 Å². The van der Waals surface area contributed by atoms with Crippen molar-refractivity contribution in [1.82, 2.24) is 0 Å². The van der Waals surface area contributed by atoms with Crippen LogP contribution in [-0.4, -0.2) is 25.3 Å². The summed E-state index contributed by atoms with van der Waals surface area (Å²) in [6.45, 7) is 3.04. The van der Waals surface area contributed by atoms with E-state index in [1.165, 1.54) is 12.1 Å². The van der Waals surface area contributed by atoms with Crippen LogP contribution in [0.15, 0.2) is 24.3 Å². The number of ether oxygens (including phenoxy) is 2. The molecule has 1 aliphatic rings. The summed E-state index contributed by atoms with van der Waals surface area (Å²) in [5, 5.41) is 0. The van der Waals surface area contributed by atoms with Gasteiger partial charge in [0.25, 0.3) is 0 Å². The highest BCUT2D eigenvalue weighted by atomic mass is 19.1. The van der Waals surface area contributed by atoms with Crippen LogP contribution in [0.5, 0.6) is 0 Å². The number of halogens is 1. The Hall–Kier alpha value is -1.42. The summed E-state index contributed by atoms with van der Waals surface area (Å²) < 4.78 is 23.6. The van der Waals surface area contributed by atoms with E-state index in [1.807, 2.05) is 6.92 Å². The van der Waals surface area contributed by atoms with Crippen LogP contribution in [0.2, 0.25) is 0 Å². The van der Waals surface area contributed by atoms with Gasteiger partial charge in [-0.1, -0.05) is 19.1 Å². The third kappa shape index (κ3) is 4.60. The molecular weight excluding hydrogens is 259 g/mol. The smallest absolute Gasteiger partial charge is 0.306 e. The molecule has 0 aliphatic carbocycles. The summed E-state index contributed by atoms with van der Waals surface area (Å²) in [6.07, 6.45) is 3.54. The molecule has 1 aromatic rings. The largest absolute Gasteiger partial charge is 0.463 e. The van der Waals surface area contributed by atoms with Crippen LogP contribution < -0.4 is 0 Å². The monoisotopic (exact) mass is 280 g/mol. The Morgan fingerprint density at radius 2 is 2.15 bits per heavy atom. The van der Waals surface area contributed by atoms with E-state index in [2.05, 4.69) is 0 Å².